The maximum atomic E-state index is 12.1. The molecule has 1 rings (SSSR count). The molecule has 0 fully saturated rings. The predicted octanol–water partition coefficient (Wildman–Crippen LogP) is 1.50. The van der Waals surface area contributed by atoms with Gasteiger partial charge in [0.05, 0.1) is 10.9 Å². The number of nitrogens with one attached hydrogen (secondary N) is 1. The van der Waals surface area contributed by atoms with Gasteiger partial charge >= 0.3 is 11.9 Å². The lowest BCUT2D eigenvalue weighted by atomic mass is 10.2. The van der Waals surface area contributed by atoms with E-state index in [9.17, 15) is 18.0 Å². The second-order valence-corrected chi connectivity index (χ2v) is 8.46. The van der Waals surface area contributed by atoms with Crippen molar-refractivity contribution in [3.05, 3.63) is 15.4 Å². The van der Waals surface area contributed by atoms with Gasteiger partial charge in [0, 0.05) is 6.42 Å². The summed E-state index contributed by atoms with van der Waals surface area (Å²) in [5, 5.41) is 9.04. The highest BCUT2D eigenvalue weighted by molar-refractivity contribution is 9.11. The molecule has 10 heteroatoms. The Hall–Kier alpha value is -0.970. The summed E-state index contributed by atoms with van der Waals surface area (Å²) < 4.78 is 31.4. The zero-order valence-corrected chi connectivity index (χ0v) is 14.5. The van der Waals surface area contributed by atoms with Crippen LogP contribution in [0.3, 0.4) is 0 Å². The number of ether oxygens (including phenoxy) is 1. The van der Waals surface area contributed by atoms with E-state index >= 15 is 0 Å². The van der Waals surface area contributed by atoms with E-state index in [1.807, 2.05) is 0 Å². The lowest BCUT2D eigenvalue weighted by Crippen LogP contribution is -2.40. The molecule has 0 aliphatic carbocycles. The molecule has 0 spiro atoms. The average molecular weight is 400 g/mol. The molecule has 7 nitrogen and oxygen atoms in total. The third-order valence-electron chi connectivity index (χ3n) is 2.56. The molecule has 118 valence electrons. The van der Waals surface area contributed by atoms with Crippen molar-refractivity contribution in [2.45, 2.75) is 30.0 Å². The number of aryl methyl sites for hydroxylation is 1. The molecule has 1 heterocycles. The Labute approximate surface area is 134 Å². The summed E-state index contributed by atoms with van der Waals surface area (Å²) in [6.07, 6.45) is -0.379. The number of thiophene rings is 1. The number of halogens is 1. The Morgan fingerprint density at radius 1 is 1.52 bits per heavy atom. The SMILES string of the molecule is COC(=O)CCC(NS(=O)(=O)c1cc(C)c(Br)s1)C(=O)O. The van der Waals surface area contributed by atoms with Crippen molar-refractivity contribution in [1.29, 1.82) is 0 Å². The topological polar surface area (TPSA) is 110 Å². The van der Waals surface area contributed by atoms with Crippen LogP contribution in [-0.2, 0) is 24.3 Å². The van der Waals surface area contributed by atoms with E-state index in [2.05, 4.69) is 25.4 Å². The fourth-order valence-corrected chi connectivity index (χ4v) is 4.87. The van der Waals surface area contributed by atoms with E-state index in [0.29, 0.717) is 3.79 Å². The standard InChI is InChI=1S/C11H14BrNO6S2/c1-6-5-9(20-10(6)12)21(17,18)13-7(11(15)16)3-4-8(14)19-2/h5,7,13H,3-4H2,1-2H3,(H,15,16). The molecule has 0 saturated heterocycles. The number of hydrogen-bond acceptors (Lipinski definition) is 6. The summed E-state index contributed by atoms with van der Waals surface area (Å²) in [5.41, 5.74) is 0.738. The van der Waals surface area contributed by atoms with E-state index in [0.717, 1.165) is 16.9 Å². The van der Waals surface area contributed by atoms with E-state index in [1.165, 1.54) is 13.2 Å². The molecule has 21 heavy (non-hydrogen) atoms. The highest BCUT2D eigenvalue weighted by Gasteiger charge is 2.27. The third-order valence-corrected chi connectivity index (χ3v) is 6.64. The number of esters is 1. The van der Waals surface area contributed by atoms with Gasteiger partial charge in [-0.1, -0.05) is 0 Å². The number of hydrogen-bond donors (Lipinski definition) is 2. The van der Waals surface area contributed by atoms with Gasteiger partial charge in [-0.05, 0) is 40.9 Å². The van der Waals surface area contributed by atoms with Crippen LogP contribution in [0.5, 0.6) is 0 Å². The summed E-state index contributed by atoms with van der Waals surface area (Å²) in [4.78, 5) is 22.1. The second-order valence-electron chi connectivity index (χ2n) is 4.15. The van der Waals surface area contributed by atoms with Crippen molar-refractivity contribution in [3.8, 4) is 0 Å². The number of rotatable bonds is 7. The van der Waals surface area contributed by atoms with E-state index in [4.69, 9.17) is 5.11 Å². The molecule has 0 aromatic carbocycles. The Bertz CT molecular complexity index is 620. The minimum Gasteiger partial charge on any atom is -0.480 e. The zero-order chi connectivity index (χ0) is 16.2. The van der Waals surface area contributed by atoms with Crippen molar-refractivity contribution < 1.29 is 27.9 Å². The Morgan fingerprint density at radius 2 is 2.14 bits per heavy atom. The van der Waals surface area contributed by atoms with Crippen LogP contribution < -0.4 is 4.72 Å². The van der Waals surface area contributed by atoms with Crippen molar-refractivity contribution in [3.63, 3.8) is 0 Å². The van der Waals surface area contributed by atoms with Gasteiger partial charge in [-0.25, -0.2) is 8.42 Å². The molecular weight excluding hydrogens is 386 g/mol. The van der Waals surface area contributed by atoms with E-state index < -0.39 is 28.0 Å². The zero-order valence-electron chi connectivity index (χ0n) is 11.3. The monoisotopic (exact) mass is 399 g/mol. The minimum absolute atomic E-state index is 0.0104. The van der Waals surface area contributed by atoms with E-state index in [-0.39, 0.29) is 17.1 Å². The number of methoxy groups -OCH3 is 1. The molecule has 1 aromatic rings. The van der Waals surface area contributed by atoms with Crippen LogP contribution in [-0.4, -0.2) is 38.6 Å². The molecular formula is C11H14BrNO6S2. The van der Waals surface area contributed by atoms with Gasteiger partial charge in [0.2, 0.25) is 0 Å². The molecule has 0 radical (unpaired) electrons. The van der Waals surface area contributed by atoms with Crippen LogP contribution in [0.2, 0.25) is 0 Å². The molecule has 1 atom stereocenters. The van der Waals surface area contributed by atoms with Gasteiger partial charge in [0.15, 0.2) is 0 Å². The Morgan fingerprint density at radius 3 is 2.57 bits per heavy atom. The molecule has 0 aliphatic heterocycles. The summed E-state index contributed by atoms with van der Waals surface area (Å²) >= 11 is 4.20. The number of carbonyl (C=O) groups is 2. The summed E-state index contributed by atoms with van der Waals surface area (Å²) in [6, 6.07) is 0.0475. The summed E-state index contributed by atoms with van der Waals surface area (Å²) in [7, 11) is -2.78. The first-order valence-electron chi connectivity index (χ1n) is 5.75. The Balaban J connectivity index is 2.87. The van der Waals surface area contributed by atoms with Gasteiger partial charge in [-0.15, -0.1) is 11.3 Å². The molecule has 0 bridgehead atoms. The van der Waals surface area contributed by atoms with Crippen LogP contribution >= 0.6 is 27.3 Å². The quantitative estimate of drug-likeness (QED) is 0.672. The number of carbonyl (C=O) groups excluding carboxylic acids is 1. The summed E-state index contributed by atoms with van der Waals surface area (Å²) in [6.45, 7) is 1.73. The van der Waals surface area contributed by atoms with Gasteiger partial charge in [0.1, 0.15) is 10.3 Å². The molecule has 0 amide bonds. The molecule has 0 saturated carbocycles. The fraction of sp³-hybridized carbons (Fsp3) is 0.455. The third kappa shape index (κ3) is 5.06. The molecule has 2 N–H and O–H groups in total. The van der Waals surface area contributed by atoms with Crippen LogP contribution in [0.15, 0.2) is 14.1 Å². The van der Waals surface area contributed by atoms with Crippen molar-refractivity contribution in [2.75, 3.05) is 7.11 Å². The van der Waals surface area contributed by atoms with Crippen LogP contribution in [0.25, 0.3) is 0 Å². The molecule has 1 unspecified atom stereocenters. The van der Waals surface area contributed by atoms with Crippen molar-refractivity contribution in [2.24, 2.45) is 0 Å². The first kappa shape index (κ1) is 18.1. The van der Waals surface area contributed by atoms with Gasteiger partial charge < -0.3 is 9.84 Å². The minimum atomic E-state index is -3.96. The number of carboxylic acids is 1. The van der Waals surface area contributed by atoms with Crippen molar-refractivity contribution in [1.82, 2.24) is 4.72 Å². The van der Waals surface area contributed by atoms with Gasteiger partial charge in [0.25, 0.3) is 10.0 Å². The van der Waals surface area contributed by atoms with Crippen LogP contribution in [0, 0.1) is 6.92 Å². The number of aliphatic carboxylic acids is 1. The lowest BCUT2D eigenvalue weighted by Gasteiger charge is -2.13. The lowest BCUT2D eigenvalue weighted by molar-refractivity contribution is -0.142. The van der Waals surface area contributed by atoms with Crippen LogP contribution in [0.4, 0.5) is 0 Å². The maximum absolute atomic E-state index is 12.1. The number of sulfonamides is 1. The second kappa shape index (κ2) is 7.34. The highest BCUT2D eigenvalue weighted by Crippen LogP contribution is 2.30. The number of carboxylic acid groups (broad SMARTS) is 1. The predicted molar refractivity (Wildman–Crippen MR) is 79.8 cm³/mol. The van der Waals surface area contributed by atoms with Crippen molar-refractivity contribution >= 4 is 49.2 Å². The maximum Gasteiger partial charge on any atom is 0.321 e. The largest absolute Gasteiger partial charge is 0.480 e. The first-order valence-corrected chi connectivity index (χ1v) is 8.84. The van der Waals surface area contributed by atoms with Gasteiger partial charge in [-0.2, -0.15) is 4.72 Å². The smallest absolute Gasteiger partial charge is 0.321 e. The fourth-order valence-electron chi connectivity index (χ4n) is 1.41. The molecule has 0 aliphatic rings. The Kier molecular flexibility index (Phi) is 6.32. The summed E-state index contributed by atoms with van der Waals surface area (Å²) in [5.74, 6) is -1.95. The highest BCUT2D eigenvalue weighted by atomic mass is 79.9. The van der Waals surface area contributed by atoms with Gasteiger partial charge in [-0.3, -0.25) is 9.59 Å². The first-order chi connectivity index (χ1) is 9.67. The van der Waals surface area contributed by atoms with E-state index in [1.54, 1.807) is 6.92 Å². The normalized spacial score (nSPS) is 12.9. The average Bonchev–Trinajstić information content (AvgIpc) is 2.74. The van der Waals surface area contributed by atoms with Crippen LogP contribution in [0.1, 0.15) is 18.4 Å². The molecule has 1 aromatic heterocycles.